The average molecular weight is 379 g/mol. The normalized spacial score (nSPS) is 12.0. The van der Waals surface area contributed by atoms with Gasteiger partial charge in [0.2, 0.25) is 0 Å². The van der Waals surface area contributed by atoms with Crippen LogP contribution in [0, 0.1) is 5.41 Å². The Morgan fingerprint density at radius 2 is 1.52 bits per heavy atom. The molecule has 1 rings (SSSR count). The molecule has 1 atom stereocenters. The fourth-order valence-corrected chi connectivity index (χ4v) is 2.63. The summed E-state index contributed by atoms with van der Waals surface area (Å²) in [6.07, 6.45) is 0.309. The standard InChI is InChI=1S/C20H29NO6/c1-5-11-16(20(4,17(22)25-6-2)18(23)26-7-3)21-19(24)27-14-15-12-9-8-10-13-15/h8-10,12-13,16H,5-7,11,14H2,1-4H3,(H,21,24). The zero-order valence-corrected chi connectivity index (χ0v) is 16.4. The lowest BCUT2D eigenvalue weighted by Crippen LogP contribution is -2.56. The van der Waals surface area contributed by atoms with E-state index in [1.807, 2.05) is 37.3 Å². The van der Waals surface area contributed by atoms with E-state index in [9.17, 15) is 14.4 Å². The molecule has 0 aromatic heterocycles. The van der Waals surface area contributed by atoms with Gasteiger partial charge < -0.3 is 19.5 Å². The van der Waals surface area contributed by atoms with Crippen LogP contribution < -0.4 is 5.32 Å². The first-order valence-corrected chi connectivity index (χ1v) is 9.21. The van der Waals surface area contributed by atoms with E-state index in [2.05, 4.69) is 5.32 Å². The van der Waals surface area contributed by atoms with E-state index in [1.165, 1.54) is 6.92 Å². The minimum atomic E-state index is -1.66. The van der Waals surface area contributed by atoms with E-state index < -0.39 is 29.5 Å². The van der Waals surface area contributed by atoms with Crippen LogP contribution in [0.4, 0.5) is 4.79 Å². The predicted molar refractivity (Wildman–Crippen MR) is 99.8 cm³/mol. The first kappa shape index (κ1) is 22.5. The molecule has 150 valence electrons. The van der Waals surface area contributed by atoms with E-state index in [4.69, 9.17) is 14.2 Å². The maximum Gasteiger partial charge on any atom is 0.407 e. The summed E-state index contributed by atoms with van der Waals surface area (Å²) in [6, 6.07) is 8.40. The molecule has 0 radical (unpaired) electrons. The molecule has 1 unspecified atom stereocenters. The third-order valence-corrected chi connectivity index (χ3v) is 4.18. The highest BCUT2D eigenvalue weighted by atomic mass is 16.6. The van der Waals surface area contributed by atoms with Crippen molar-refractivity contribution in [2.45, 2.75) is 53.2 Å². The molecule has 0 aliphatic rings. The summed E-state index contributed by atoms with van der Waals surface area (Å²) >= 11 is 0. The minimum absolute atomic E-state index is 0.0844. The van der Waals surface area contributed by atoms with Gasteiger partial charge in [-0.05, 0) is 32.8 Å². The molecule has 1 aromatic rings. The Balaban J connectivity index is 2.93. The summed E-state index contributed by atoms with van der Waals surface area (Å²) in [6.45, 7) is 6.94. The van der Waals surface area contributed by atoms with Crippen molar-refractivity contribution in [1.82, 2.24) is 5.32 Å². The van der Waals surface area contributed by atoms with Gasteiger partial charge in [0.05, 0.1) is 19.3 Å². The lowest BCUT2D eigenvalue weighted by Gasteiger charge is -2.33. The molecule has 0 heterocycles. The first-order valence-electron chi connectivity index (χ1n) is 9.21. The molecule has 0 saturated heterocycles. The number of benzene rings is 1. The largest absolute Gasteiger partial charge is 0.465 e. The van der Waals surface area contributed by atoms with Crippen LogP contribution in [0.5, 0.6) is 0 Å². The summed E-state index contributed by atoms with van der Waals surface area (Å²) < 4.78 is 15.4. The van der Waals surface area contributed by atoms with E-state index in [0.717, 1.165) is 5.56 Å². The Morgan fingerprint density at radius 3 is 2.00 bits per heavy atom. The molecule has 7 heteroatoms. The quantitative estimate of drug-likeness (QED) is 0.381. The van der Waals surface area contributed by atoms with Crippen LogP contribution in [0.3, 0.4) is 0 Å². The molecule has 0 fully saturated rings. The fourth-order valence-electron chi connectivity index (χ4n) is 2.63. The summed E-state index contributed by atoms with van der Waals surface area (Å²) in [7, 11) is 0. The van der Waals surface area contributed by atoms with E-state index in [0.29, 0.717) is 12.8 Å². The van der Waals surface area contributed by atoms with Crippen LogP contribution in [0.2, 0.25) is 0 Å². The van der Waals surface area contributed by atoms with Crippen molar-refractivity contribution in [3.63, 3.8) is 0 Å². The summed E-state index contributed by atoms with van der Waals surface area (Å²) in [5, 5.41) is 2.64. The lowest BCUT2D eigenvalue weighted by atomic mass is 9.80. The van der Waals surface area contributed by atoms with Crippen molar-refractivity contribution >= 4 is 18.0 Å². The lowest BCUT2D eigenvalue weighted by molar-refractivity contribution is -0.173. The zero-order chi connectivity index (χ0) is 20.3. The Kier molecular flexibility index (Phi) is 9.33. The van der Waals surface area contributed by atoms with Crippen molar-refractivity contribution in [2.24, 2.45) is 5.41 Å². The highest BCUT2D eigenvalue weighted by molar-refractivity contribution is 6.01. The summed E-state index contributed by atoms with van der Waals surface area (Å²) in [5.74, 6) is -1.46. The number of ether oxygens (including phenoxy) is 3. The highest BCUT2D eigenvalue weighted by Gasteiger charge is 2.51. The second-order valence-electron chi connectivity index (χ2n) is 6.19. The van der Waals surface area contributed by atoms with Crippen molar-refractivity contribution in [3.05, 3.63) is 35.9 Å². The van der Waals surface area contributed by atoms with Crippen LogP contribution in [-0.4, -0.2) is 37.3 Å². The van der Waals surface area contributed by atoms with Gasteiger partial charge >= 0.3 is 18.0 Å². The topological polar surface area (TPSA) is 90.9 Å². The minimum Gasteiger partial charge on any atom is -0.465 e. The van der Waals surface area contributed by atoms with Gasteiger partial charge in [0.25, 0.3) is 0 Å². The van der Waals surface area contributed by atoms with Crippen molar-refractivity contribution < 1.29 is 28.6 Å². The van der Waals surface area contributed by atoms with Gasteiger partial charge in [-0.25, -0.2) is 4.79 Å². The first-order chi connectivity index (χ1) is 12.9. The molecule has 0 saturated carbocycles. The van der Waals surface area contributed by atoms with Gasteiger partial charge in [-0.2, -0.15) is 0 Å². The zero-order valence-electron chi connectivity index (χ0n) is 16.4. The van der Waals surface area contributed by atoms with Crippen molar-refractivity contribution in [1.29, 1.82) is 0 Å². The SMILES string of the molecule is CCCC(NC(=O)OCc1ccccc1)C(C)(C(=O)OCC)C(=O)OCC. The molecular weight excluding hydrogens is 350 g/mol. The van der Waals surface area contributed by atoms with Gasteiger partial charge in [-0.3, -0.25) is 9.59 Å². The van der Waals surface area contributed by atoms with Gasteiger partial charge in [-0.1, -0.05) is 43.7 Å². The fraction of sp³-hybridized carbons (Fsp3) is 0.550. The second kappa shape index (κ2) is 11.2. The van der Waals surface area contributed by atoms with Gasteiger partial charge in [0, 0.05) is 0 Å². The molecule has 1 aromatic carbocycles. The van der Waals surface area contributed by atoms with Gasteiger partial charge in [0.1, 0.15) is 6.61 Å². The van der Waals surface area contributed by atoms with E-state index in [1.54, 1.807) is 13.8 Å². The number of nitrogens with one attached hydrogen (secondary N) is 1. The highest BCUT2D eigenvalue weighted by Crippen LogP contribution is 2.29. The van der Waals surface area contributed by atoms with Crippen LogP contribution in [0.25, 0.3) is 0 Å². The van der Waals surface area contributed by atoms with Crippen molar-refractivity contribution in [2.75, 3.05) is 13.2 Å². The molecule has 0 bridgehead atoms. The van der Waals surface area contributed by atoms with E-state index in [-0.39, 0.29) is 19.8 Å². The Hall–Kier alpha value is -2.57. The van der Waals surface area contributed by atoms with E-state index >= 15 is 0 Å². The molecule has 0 aliphatic carbocycles. The number of rotatable bonds is 10. The molecule has 27 heavy (non-hydrogen) atoms. The second-order valence-corrected chi connectivity index (χ2v) is 6.19. The number of esters is 2. The van der Waals surface area contributed by atoms with Gasteiger partial charge in [0.15, 0.2) is 5.41 Å². The maximum absolute atomic E-state index is 12.5. The number of carbonyl (C=O) groups is 3. The molecule has 0 spiro atoms. The number of hydrogen-bond donors (Lipinski definition) is 1. The van der Waals surface area contributed by atoms with Crippen molar-refractivity contribution in [3.8, 4) is 0 Å². The molecule has 0 aliphatic heterocycles. The monoisotopic (exact) mass is 379 g/mol. The number of hydrogen-bond acceptors (Lipinski definition) is 6. The van der Waals surface area contributed by atoms with Crippen LogP contribution >= 0.6 is 0 Å². The van der Waals surface area contributed by atoms with Crippen LogP contribution in [0.1, 0.15) is 46.1 Å². The number of alkyl carbamates (subject to hydrolysis) is 1. The third-order valence-electron chi connectivity index (χ3n) is 4.18. The Bertz CT molecular complexity index is 598. The predicted octanol–water partition coefficient (Wildman–Crippen LogP) is 3.21. The van der Waals surface area contributed by atoms with Crippen LogP contribution in [-0.2, 0) is 30.4 Å². The molecule has 1 N–H and O–H groups in total. The maximum atomic E-state index is 12.5. The third kappa shape index (κ3) is 6.27. The van der Waals surface area contributed by atoms with Gasteiger partial charge in [-0.15, -0.1) is 0 Å². The van der Waals surface area contributed by atoms with Crippen LogP contribution in [0.15, 0.2) is 30.3 Å². The molecule has 7 nitrogen and oxygen atoms in total. The Labute approximate surface area is 160 Å². The summed E-state index contributed by atoms with van der Waals surface area (Å²) in [4.78, 5) is 37.4. The Morgan fingerprint density at radius 1 is 0.963 bits per heavy atom. The number of carbonyl (C=O) groups excluding carboxylic acids is 3. The smallest absolute Gasteiger partial charge is 0.407 e. The number of amides is 1. The summed E-state index contributed by atoms with van der Waals surface area (Å²) in [5.41, 5.74) is -0.827. The molecular formula is C20H29NO6. The average Bonchev–Trinajstić information content (AvgIpc) is 2.66. The molecule has 1 amide bonds.